The van der Waals surface area contributed by atoms with Crippen LogP contribution < -0.4 is 0 Å². The molecule has 48 valence electrons. The molecular formula is CH3CuO4S. The van der Waals surface area contributed by atoms with Crippen molar-refractivity contribution in [3.63, 3.8) is 0 Å². The summed E-state index contributed by atoms with van der Waals surface area (Å²) in [6, 6.07) is 0. The van der Waals surface area contributed by atoms with Crippen molar-refractivity contribution in [3.8, 4) is 0 Å². The average molecular weight is 175 g/mol. The molecule has 7 heavy (non-hydrogen) atoms. The summed E-state index contributed by atoms with van der Waals surface area (Å²) >= 11 is 0. The van der Waals surface area contributed by atoms with Crippen molar-refractivity contribution in [3.05, 3.63) is 0 Å². The van der Waals surface area contributed by atoms with Crippen molar-refractivity contribution in [2.24, 2.45) is 0 Å². The van der Waals surface area contributed by atoms with Gasteiger partial charge in [-0.25, -0.2) is 8.42 Å². The standard InChI is InChI=1S/CH4O4S.Cu/c1-5-6(2,3)4;/h1H3,(H,2,3,4);/q;+1/p-1. The maximum atomic E-state index is 9.22. The van der Waals surface area contributed by atoms with E-state index in [9.17, 15) is 13.0 Å². The van der Waals surface area contributed by atoms with Crippen molar-refractivity contribution in [1.29, 1.82) is 0 Å². The normalized spacial score (nSPS) is 10.0. The van der Waals surface area contributed by atoms with Gasteiger partial charge in [-0.1, -0.05) is 0 Å². The molecule has 4 nitrogen and oxygen atoms in total. The zero-order valence-electron chi connectivity index (χ0n) is 3.34. The van der Waals surface area contributed by atoms with Gasteiger partial charge in [-0.2, -0.15) is 0 Å². The first-order valence-corrected chi connectivity index (χ1v) is 2.41. The molecule has 0 unspecified atom stereocenters. The second kappa shape index (κ2) is 3.40. The molecule has 0 aromatic rings. The molecule has 0 rings (SSSR count). The molecule has 6 heteroatoms. The molecule has 0 N–H and O–H groups in total. The summed E-state index contributed by atoms with van der Waals surface area (Å²) in [5, 5.41) is 0. The van der Waals surface area contributed by atoms with E-state index in [2.05, 4.69) is 4.18 Å². The maximum Gasteiger partial charge on any atom is 1.00 e. The molecule has 0 radical (unpaired) electrons. The van der Waals surface area contributed by atoms with Crippen LogP contribution in [-0.2, 0) is 31.7 Å². The summed E-state index contributed by atoms with van der Waals surface area (Å²) < 4.78 is 31.0. The topological polar surface area (TPSA) is 66.4 Å². The number of hydrogen-bond acceptors (Lipinski definition) is 4. The zero-order chi connectivity index (χ0) is 5.21. The Balaban J connectivity index is 0. The first kappa shape index (κ1) is 10.4. The van der Waals surface area contributed by atoms with E-state index in [0.29, 0.717) is 0 Å². The van der Waals surface area contributed by atoms with Gasteiger partial charge in [-0.05, 0) is 0 Å². The Morgan fingerprint density at radius 1 is 1.57 bits per heavy atom. The van der Waals surface area contributed by atoms with E-state index >= 15 is 0 Å². The fraction of sp³-hybridized carbons (Fsp3) is 1.00. The van der Waals surface area contributed by atoms with Crippen LogP contribution in [0.3, 0.4) is 0 Å². The summed E-state index contributed by atoms with van der Waals surface area (Å²) in [5.74, 6) is 0. The quantitative estimate of drug-likeness (QED) is 0.293. The van der Waals surface area contributed by atoms with Gasteiger partial charge < -0.3 is 4.55 Å². The Labute approximate surface area is 52.3 Å². The zero-order valence-corrected chi connectivity index (χ0v) is 5.10. The van der Waals surface area contributed by atoms with Crippen LogP contribution in [0.1, 0.15) is 0 Å². The van der Waals surface area contributed by atoms with E-state index in [4.69, 9.17) is 0 Å². The first-order chi connectivity index (χ1) is 2.56. The third-order valence-electron chi connectivity index (χ3n) is 0.204. The van der Waals surface area contributed by atoms with Crippen LogP contribution in [0.25, 0.3) is 0 Å². The molecule has 0 spiro atoms. The second-order valence-electron chi connectivity index (χ2n) is 0.575. The van der Waals surface area contributed by atoms with Crippen molar-refractivity contribution < 1.29 is 34.2 Å². The van der Waals surface area contributed by atoms with E-state index in [1.165, 1.54) is 0 Å². The third kappa shape index (κ3) is 10.7. The van der Waals surface area contributed by atoms with E-state index < -0.39 is 10.4 Å². The smallest absolute Gasteiger partial charge is 0.726 e. The fourth-order valence-electron chi connectivity index (χ4n) is 0. The van der Waals surface area contributed by atoms with Gasteiger partial charge in [-0.3, -0.25) is 4.18 Å². The molecule has 0 saturated carbocycles. The van der Waals surface area contributed by atoms with Gasteiger partial charge in [0.05, 0.1) is 7.11 Å². The Morgan fingerprint density at radius 3 is 1.71 bits per heavy atom. The van der Waals surface area contributed by atoms with Crippen molar-refractivity contribution in [2.75, 3.05) is 7.11 Å². The first-order valence-electron chi connectivity index (χ1n) is 1.07. The molecule has 0 aliphatic heterocycles. The Bertz CT molecular complexity index is 114. The van der Waals surface area contributed by atoms with Crippen LogP contribution in [0.5, 0.6) is 0 Å². The van der Waals surface area contributed by atoms with E-state index in [1.807, 2.05) is 0 Å². The molecule has 0 aliphatic rings. The number of hydrogen-bond donors (Lipinski definition) is 0. The molecular weight excluding hydrogens is 172 g/mol. The molecule has 0 atom stereocenters. The molecule has 0 fully saturated rings. The number of rotatable bonds is 1. The van der Waals surface area contributed by atoms with Crippen LogP contribution in [0.15, 0.2) is 0 Å². The summed E-state index contributed by atoms with van der Waals surface area (Å²) in [6.45, 7) is 0. The van der Waals surface area contributed by atoms with Gasteiger partial charge in [-0.15, -0.1) is 0 Å². The SMILES string of the molecule is COS(=O)(=O)[O-].[Cu+]. The maximum absolute atomic E-state index is 9.22. The molecule has 0 amide bonds. The van der Waals surface area contributed by atoms with Gasteiger partial charge >= 0.3 is 17.1 Å². The summed E-state index contributed by atoms with van der Waals surface area (Å²) in [7, 11) is -3.60. The molecule has 0 saturated heterocycles. The Morgan fingerprint density at radius 2 is 1.71 bits per heavy atom. The minimum absolute atomic E-state index is 0. The van der Waals surface area contributed by atoms with Crippen LogP contribution in [0.4, 0.5) is 0 Å². The van der Waals surface area contributed by atoms with Crippen molar-refractivity contribution in [2.45, 2.75) is 0 Å². The van der Waals surface area contributed by atoms with Gasteiger partial charge in [0.1, 0.15) is 0 Å². The summed E-state index contributed by atoms with van der Waals surface area (Å²) in [6.07, 6.45) is 0. The monoisotopic (exact) mass is 174 g/mol. The van der Waals surface area contributed by atoms with Crippen LogP contribution in [0, 0.1) is 0 Å². The van der Waals surface area contributed by atoms with Crippen molar-refractivity contribution in [1.82, 2.24) is 0 Å². The predicted molar refractivity (Wildman–Crippen MR) is 16.7 cm³/mol. The summed E-state index contributed by atoms with van der Waals surface area (Å²) in [5.41, 5.74) is 0. The van der Waals surface area contributed by atoms with Gasteiger partial charge in [0, 0.05) is 0 Å². The van der Waals surface area contributed by atoms with Gasteiger partial charge in [0.15, 0.2) is 0 Å². The van der Waals surface area contributed by atoms with Crippen LogP contribution in [0.2, 0.25) is 0 Å². The van der Waals surface area contributed by atoms with Crippen LogP contribution >= 0.6 is 0 Å². The van der Waals surface area contributed by atoms with E-state index in [0.717, 1.165) is 7.11 Å². The average Bonchev–Trinajstić information content (AvgIpc) is 1.35. The third-order valence-corrected chi connectivity index (χ3v) is 0.612. The van der Waals surface area contributed by atoms with E-state index in [-0.39, 0.29) is 17.1 Å². The minimum Gasteiger partial charge on any atom is -0.726 e. The largest absolute Gasteiger partial charge is 1.00 e. The molecule has 0 aromatic heterocycles. The van der Waals surface area contributed by atoms with E-state index in [1.54, 1.807) is 0 Å². The molecule has 0 aromatic carbocycles. The molecule has 0 bridgehead atoms. The fourth-order valence-corrected chi connectivity index (χ4v) is 0. The predicted octanol–water partition coefficient (Wildman–Crippen LogP) is -0.909. The van der Waals surface area contributed by atoms with Crippen LogP contribution in [-0.4, -0.2) is 20.1 Å². The molecule has 0 heterocycles. The van der Waals surface area contributed by atoms with Crippen molar-refractivity contribution >= 4 is 10.4 Å². The van der Waals surface area contributed by atoms with Gasteiger partial charge in [0.25, 0.3) is 0 Å². The Hall–Kier alpha value is 0.389. The minimum atomic E-state index is -4.41. The summed E-state index contributed by atoms with van der Waals surface area (Å²) in [4.78, 5) is 0. The van der Waals surface area contributed by atoms with Gasteiger partial charge in [0.2, 0.25) is 10.4 Å². The second-order valence-corrected chi connectivity index (χ2v) is 1.72. The Kier molecular flexibility index (Phi) is 5.04. The molecule has 0 aliphatic carbocycles.